The molecule has 2 aromatic rings. The van der Waals surface area contributed by atoms with Crippen LogP contribution in [0.1, 0.15) is 38.3 Å². The van der Waals surface area contributed by atoms with Gasteiger partial charge in [-0.3, -0.25) is 0 Å². The quantitative estimate of drug-likeness (QED) is 0.558. The van der Waals surface area contributed by atoms with E-state index in [-0.39, 0.29) is 0 Å². The molecule has 1 aromatic heterocycles. The first kappa shape index (κ1) is 16.1. The van der Waals surface area contributed by atoms with Crippen molar-refractivity contribution in [2.24, 2.45) is 0 Å². The summed E-state index contributed by atoms with van der Waals surface area (Å²) < 4.78 is 2.13. The fourth-order valence-electron chi connectivity index (χ4n) is 2.19. The van der Waals surface area contributed by atoms with Crippen molar-refractivity contribution in [3.63, 3.8) is 0 Å². The minimum Gasteiger partial charge on any atom is -0.337 e. The Bertz CT molecular complexity index is 493. The van der Waals surface area contributed by atoms with E-state index in [2.05, 4.69) is 53.0 Å². The fraction of sp³-hybridized carbons (Fsp3) is 0.471. The molecule has 0 amide bonds. The summed E-state index contributed by atoms with van der Waals surface area (Å²) in [7, 11) is 0. The molecule has 1 aromatic carbocycles. The fourth-order valence-corrected chi connectivity index (χ4v) is 3.03. The number of thioether (sulfide) groups is 1. The lowest BCUT2D eigenvalue weighted by Crippen LogP contribution is -2.19. The topological polar surface area (TPSA) is 29.9 Å². The van der Waals surface area contributed by atoms with E-state index in [1.165, 1.54) is 16.9 Å². The van der Waals surface area contributed by atoms with Crippen molar-refractivity contribution in [3.05, 3.63) is 48.5 Å². The van der Waals surface area contributed by atoms with Gasteiger partial charge >= 0.3 is 0 Å². The smallest absolute Gasteiger partial charge is 0.0945 e. The van der Waals surface area contributed by atoms with Gasteiger partial charge in [-0.25, -0.2) is 4.98 Å². The molecule has 0 spiro atoms. The lowest BCUT2D eigenvalue weighted by molar-refractivity contribution is 0.570. The highest BCUT2D eigenvalue weighted by molar-refractivity contribution is 7.99. The highest BCUT2D eigenvalue weighted by atomic mass is 32.2. The SMILES string of the molecule is CCCNC(C)c1ccc(SCCCn2ccnc2)cc1. The second kappa shape index (κ2) is 8.90. The highest BCUT2D eigenvalue weighted by Crippen LogP contribution is 2.21. The van der Waals surface area contributed by atoms with Crippen LogP contribution in [-0.2, 0) is 6.54 Å². The molecule has 0 aliphatic heterocycles. The van der Waals surface area contributed by atoms with Gasteiger partial charge in [0.1, 0.15) is 0 Å². The van der Waals surface area contributed by atoms with Crippen LogP contribution in [-0.4, -0.2) is 21.8 Å². The van der Waals surface area contributed by atoms with Gasteiger partial charge in [-0.15, -0.1) is 11.8 Å². The number of nitrogens with one attached hydrogen (secondary N) is 1. The molecule has 0 radical (unpaired) electrons. The molecule has 3 nitrogen and oxygen atoms in total. The Balaban J connectivity index is 1.71. The first-order valence-corrected chi connectivity index (χ1v) is 8.70. The number of imidazole rings is 1. The van der Waals surface area contributed by atoms with Crippen LogP contribution in [0, 0.1) is 0 Å². The van der Waals surface area contributed by atoms with Gasteiger partial charge in [0.25, 0.3) is 0 Å². The molecule has 0 bridgehead atoms. The van der Waals surface area contributed by atoms with Crippen LogP contribution < -0.4 is 5.32 Å². The number of aryl methyl sites for hydroxylation is 1. The Kier molecular flexibility index (Phi) is 6.83. The van der Waals surface area contributed by atoms with Gasteiger partial charge in [0.05, 0.1) is 6.33 Å². The maximum Gasteiger partial charge on any atom is 0.0945 e. The Morgan fingerprint density at radius 3 is 2.76 bits per heavy atom. The summed E-state index contributed by atoms with van der Waals surface area (Å²) in [5.41, 5.74) is 1.37. The summed E-state index contributed by atoms with van der Waals surface area (Å²) in [6.07, 6.45) is 8.07. The van der Waals surface area contributed by atoms with Gasteiger partial charge in [-0.1, -0.05) is 19.1 Å². The van der Waals surface area contributed by atoms with Crippen molar-refractivity contribution in [3.8, 4) is 0 Å². The average molecular weight is 303 g/mol. The lowest BCUT2D eigenvalue weighted by Gasteiger charge is -2.14. The second-order valence-corrected chi connectivity index (χ2v) is 6.42. The van der Waals surface area contributed by atoms with E-state index in [0.717, 1.165) is 25.3 Å². The van der Waals surface area contributed by atoms with Crippen LogP contribution in [0.5, 0.6) is 0 Å². The van der Waals surface area contributed by atoms with E-state index >= 15 is 0 Å². The average Bonchev–Trinajstić information content (AvgIpc) is 3.03. The standard InChI is InChI=1S/C17H25N3S/c1-3-9-19-15(2)16-5-7-17(8-6-16)21-13-4-11-20-12-10-18-14-20/h5-8,10,12,14-15,19H,3-4,9,11,13H2,1-2H3. The predicted molar refractivity (Wildman–Crippen MR) is 90.7 cm³/mol. The third kappa shape index (κ3) is 5.56. The predicted octanol–water partition coefficient (Wildman–Crippen LogP) is 4.13. The molecule has 1 unspecified atom stereocenters. The molecular formula is C17H25N3S. The number of nitrogens with zero attached hydrogens (tertiary/aromatic N) is 2. The Hall–Kier alpha value is -1.26. The van der Waals surface area contributed by atoms with Crippen molar-refractivity contribution < 1.29 is 0 Å². The molecule has 1 heterocycles. The third-order valence-corrected chi connectivity index (χ3v) is 4.57. The molecule has 1 N–H and O–H groups in total. The normalized spacial score (nSPS) is 12.5. The summed E-state index contributed by atoms with van der Waals surface area (Å²) in [5, 5.41) is 3.52. The van der Waals surface area contributed by atoms with Crippen molar-refractivity contribution in [2.75, 3.05) is 12.3 Å². The van der Waals surface area contributed by atoms with Gasteiger partial charge < -0.3 is 9.88 Å². The number of hydrogen-bond acceptors (Lipinski definition) is 3. The van der Waals surface area contributed by atoms with E-state index in [1.807, 2.05) is 30.5 Å². The van der Waals surface area contributed by atoms with Gasteiger partial charge in [0, 0.05) is 29.9 Å². The van der Waals surface area contributed by atoms with E-state index < -0.39 is 0 Å². The molecule has 0 saturated carbocycles. The van der Waals surface area contributed by atoms with Crippen molar-refractivity contribution in [2.45, 2.75) is 44.2 Å². The maximum atomic E-state index is 4.06. The monoisotopic (exact) mass is 303 g/mol. The zero-order chi connectivity index (χ0) is 14.9. The first-order valence-electron chi connectivity index (χ1n) is 7.71. The highest BCUT2D eigenvalue weighted by Gasteiger charge is 2.03. The summed E-state index contributed by atoms with van der Waals surface area (Å²) >= 11 is 1.93. The Morgan fingerprint density at radius 2 is 2.10 bits per heavy atom. The van der Waals surface area contributed by atoms with E-state index in [9.17, 15) is 0 Å². The largest absolute Gasteiger partial charge is 0.337 e. The van der Waals surface area contributed by atoms with Crippen LogP contribution in [0.15, 0.2) is 47.9 Å². The molecule has 114 valence electrons. The zero-order valence-electron chi connectivity index (χ0n) is 13.0. The van der Waals surface area contributed by atoms with Crippen LogP contribution in [0.3, 0.4) is 0 Å². The number of rotatable bonds is 9. The van der Waals surface area contributed by atoms with Crippen LogP contribution in [0.4, 0.5) is 0 Å². The molecule has 1 atom stereocenters. The van der Waals surface area contributed by atoms with E-state index in [0.29, 0.717) is 6.04 Å². The van der Waals surface area contributed by atoms with Gasteiger partial charge in [0.2, 0.25) is 0 Å². The van der Waals surface area contributed by atoms with Crippen LogP contribution in [0.2, 0.25) is 0 Å². The molecule has 4 heteroatoms. The molecule has 0 saturated heterocycles. The second-order valence-electron chi connectivity index (χ2n) is 5.25. The van der Waals surface area contributed by atoms with Gasteiger partial charge in [-0.2, -0.15) is 0 Å². The molecule has 2 rings (SSSR count). The lowest BCUT2D eigenvalue weighted by atomic mass is 10.1. The molecular weight excluding hydrogens is 278 g/mol. The summed E-state index contributed by atoms with van der Waals surface area (Å²) in [6.45, 7) is 6.54. The van der Waals surface area contributed by atoms with Crippen molar-refractivity contribution in [1.82, 2.24) is 14.9 Å². The number of aromatic nitrogens is 2. The maximum absolute atomic E-state index is 4.06. The van der Waals surface area contributed by atoms with E-state index in [4.69, 9.17) is 0 Å². The van der Waals surface area contributed by atoms with Crippen molar-refractivity contribution >= 4 is 11.8 Å². The molecule has 0 aliphatic rings. The number of benzene rings is 1. The third-order valence-electron chi connectivity index (χ3n) is 3.47. The Labute approximate surface area is 132 Å². The zero-order valence-corrected chi connectivity index (χ0v) is 13.8. The van der Waals surface area contributed by atoms with Gasteiger partial charge in [-0.05, 0) is 49.8 Å². The molecule has 0 aliphatic carbocycles. The minimum absolute atomic E-state index is 0.435. The minimum atomic E-state index is 0.435. The molecule has 21 heavy (non-hydrogen) atoms. The summed E-state index contributed by atoms with van der Waals surface area (Å²) in [6, 6.07) is 9.39. The summed E-state index contributed by atoms with van der Waals surface area (Å²) in [5.74, 6) is 1.14. The van der Waals surface area contributed by atoms with E-state index in [1.54, 1.807) is 0 Å². The van der Waals surface area contributed by atoms with Crippen molar-refractivity contribution in [1.29, 1.82) is 0 Å². The Morgan fingerprint density at radius 1 is 1.29 bits per heavy atom. The first-order chi connectivity index (χ1) is 10.3. The molecule has 0 fully saturated rings. The van der Waals surface area contributed by atoms with Gasteiger partial charge in [0.15, 0.2) is 0 Å². The van der Waals surface area contributed by atoms with Crippen LogP contribution in [0.25, 0.3) is 0 Å². The van der Waals surface area contributed by atoms with Crippen LogP contribution >= 0.6 is 11.8 Å². The number of hydrogen-bond donors (Lipinski definition) is 1. The summed E-state index contributed by atoms with van der Waals surface area (Å²) in [4.78, 5) is 5.41.